The lowest BCUT2D eigenvalue weighted by Gasteiger charge is -2.20. The molecule has 0 saturated carbocycles. The standard InChI is InChI=1S/C18H14F3N3O5.C10H7F3N2O3/c1-10-15(25)24(12-2-4-13(5-3-12)29-18(19,20)21)17(28)23(10)9-11-6-7-22-8-14(11)16(26)27;11-10(12,13)18-7-3-1-6(2-4-7)15-5-8(16)14-9(15)17/h2-8,10H,9H2,1H3,(H,26,27);1-4H,5H2,(H,14,16,17). The molecule has 5 rings (SSSR count). The Morgan fingerprint density at radius 1 is 0.894 bits per heavy atom. The van der Waals surface area contributed by atoms with Crippen LogP contribution in [0.4, 0.5) is 47.3 Å². The largest absolute Gasteiger partial charge is 0.573 e. The number of aromatic nitrogens is 1. The summed E-state index contributed by atoms with van der Waals surface area (Å²) < 4.78 is 80.0. The Morgan fingerprint density at radius 2 is 1.43 bits per heavy atom. The van der Waals surface area contributed by atoms with Gasteiger partial charge in [-0.2, -0.15) is 0 Å². The van der Waals surface area contributed by atoms with Crippen molar-refractivity contribution < 1.29 is 64.9 Å². The summed E-state index contributed by atoms with van der Waals surface area (Å²) in [5.41, 5.74) is 0.563. The van der Waals surface area contributed by atoms with Crippen molar-refractivity contribution in [2.45, 2.75) is 32.2 Å². The van der Waals surface area contributed by atoms with Gasteiger partial charge in [-0.25, -0.2) is 19.3 Å². The number of ether oxygens (including phenoxy) is 2. The summed E-state index contributed by atoms with van der Waals surface area (Å²) in [5, 5.41) is 11.3. The molecular formula is C28H21F6N5O8. The Kier molecular flexibility index (Phi) is 9.57. The highest BCUT2D eigenvalue weighted by atomic mass is 19.4. The summed E-state index contributed by atoms with van der Waals surface area (Å²) in [5.74, 6) is -3.16. The first kappa shape index (κ1) is 34.0. The smallest absolute Gasteiger partial charge is 0.478 e. The number of alkyl halides is 6. The first-order valence-electron chi connectivity index (χ1n) is 13.1. The van der Waals surface area contributed by atoms with E-state index in [-0.39, 0.29) is 29.9 Å². The third-order valence-electron chi connectivity index (χ3n) is 6.47. The molecule has 2 fully saturated rings. The number of nitrogens with zero attached hydrogens (tertiary/aromatic N) is 4. The molecule has 19 heteroatoms. The molecule has 1 aromatic heterocycles. The van der Waals surface area contributed by atoms with Crippen LogP contribution in [0.1, 0.15) is 22.8 Å². The first-order valence-corrected chi connectivity index (χ1v) is 13.1. The van der Waals surface area contributed by atoms with E-state index in [4.69, 9.17) is 0 Å². The van der Waals surface area contributed by atoms with Crippen LogP contribution in [0.5, 0.6) is 11.5 Å². The molecule has 2 N–H and O–H groups in total. The van der Waals surface area contributed by atoms with Gasteiger partial charge in [0, 0.05) is 24.6 Å². The van der Waals surface area contributed by atoms with Crippen molar-refractivity contribution in [3.63, 3.8) is 0 Å². The van der Waals surface area contributed by atoms with Gasteiger partial charge < -0.3 is 19.5 Å². The Labute approximate surface area is 259 Å². The molecule has 47 heavy (non-hydrogen) atoms. The fraction of sp³-hybridized carbons (Fsp3) is 0.214. The average molecular weight is 669 g/mol. The number of nitrogens with one attached hydrogen (secondary N) is 1. The van der Waals surface area contributed by atoms with Crippen LogP contribution in [-0.4, -0.2) is 70.1 Å². The van der Waals surface area contributed by atoms with E-state index in [2.05, 4.69) is 19.8 Å². The molecule has 2 aliphatic heterocycles. The number of carbonyl (C=O) groups is 5. The molecule has 13 nitrogen and oxygen atoms in total. The number of carboxylic acid groups (broad SMARTS) is 1. The van der Waals surface area contributed by atoms with Crippen LogP contribution in [0.25, 0.3) is 0 Å². The fourth-order valence-corrected chi connectivity index (χ4v) is 4.36. The number of anilines is 2. The number of aromatic carboxylic acids is 1. The number of benzene rings is 2. The van der Waals surface area contributed by atoms with Crippen LogP contribution in [0.15, 0.2) is 67.0 Å². The normalized spacial score (nSPS) is 16.6. The highest BCUT2D eigenvalue weighted by Gasteiger charge is 2.43. The van der Waals surface area contributed by atoms with Crippen molar-refractivity contribution in [1.82, 2.24) is 15.2 Å². The molecule has 3 aromatic rings. The van der Waals surface area contributed by atoms with E-state index in [1.54, 1.807) is 0 Å². The molecule has 1 unspecified atom stereocenters. The van der Waals surface area contributed by atoms with Gasteiger partial charge in [0.2, 0.25) is 5.91 Å². The quantitative estimate of drug-likeness (QED) is 0.269. The van der Waals surface area contributed by atoms with Gasteiger partial charge in [-0.05, 0) is 67.1 Å². The fourth-order valence-electron chi connectivity index (χ4n) is 4.36. The van der Waals surface area contributed by atoms with Crippen molar-refractivity contribution in [2.75, 3.05) is 16.3 Å². The first-order chi connectivity index (χ1) is 21.9. The summed E-state index contributed by atoms with van der Waals surface area (Å²) in [6, 6.07) is 8.15. The number of hydrogen-bond acceptors (Lipinski definition) is 8. The SMILES string of the molecule is CC1C(=O)N(c2ccc(OC(F)(F)F)cc2)C(=O)N1Cc1ccncc1C(=O)O.O=C1CN(c2ccc(OC(F)(F)F)cc2)C(=O)N1. The van der Waals surface area contributed by atoms with Crippen LogP contribution >= 0.6 is 0 Å². The van der Waals surface area contributed by atoms with Gasteiger partial charge in [0.15, 0.2) is 0 Å². The van der Waals surface area contributed by atoms with Gasteiger partial charge in [0.25, 0.3) is 5.91 Å². The maximum absolute atomic E-state index is 12.8. The number of urea groups is 2. The predicted molar refractivity (Wildman–Crippen MR) is 146 cm³/mol. The Balaban J connectivity index is 0.000000238. The zero-order valence-corrected chi connectivity index (χ0v) is 23.7. The maximum atomic E-state index is 12.8. The van der Waals surface area contributed by atoms with E-state index in [0.29, 0.717) is 5.69 Å². The van der Waals surface area contributed by atoms with E-state index in [1.165, 1.54) is 36.2 Å². The molecular weight excluding hydrogens is 648 g/mol. The van der Waals surface area contributed by atoms with Gasteiger partial charge in [0.05, 0.1) is 11.3 Å². The van der Waals surface area contributed by atoms with Crippen molar-refractivity contribution in [1.29, 1.82) is 0 Å². The second-order valence-electron chi connectivity index (χ2n) is 9.62. The Bertz CT molecular complexity index is 1680. The van der Waals surface area contributed by atoms with E-state index in [0.717, 1.165) is 52.4 Å². The molecule has 0 bridgehead atoms. The summed E-state index contributed by atoms with van der Waals surface area (Å²) in [6.45, 7) is 1.17. The lowest BCUT2D eigenvalue weighted by molar-refractivity contribution is -0.275. The Morgan fingerprint density at radius 3 is 1.89 bits per heavy atom. The third kappa shape index (κ3) is 8.44. The minimum absolute atomic E-state index is 0.0667. The minimum Gasteiger partial charge on any atom is -0.478 e. The van der Waals surface area contributed by atoms with Crippen LogP contribution < -0.4 is 24.6 Å². The number of rotatable bonds is 7. The van der Waals surface area contributed by atoms with Crippen LogP contribution in [0.3, 0.4) is 0 Å². The van der Waals surface area contributed by atoms with Crippen molar-refractivity contribution in [2.24, 2.45) is 0 Å². The topological polar surface area (TPSA) is 159 Å². The van der Waals surface area contributed by atoms with Crippen LogP contribution in [-0.2, 0) is 16.1 Å². The lowest BCUT2D eigenvalue weighted by atomic mass is 10.1. The number of hydrogen-bond donors (Lipinski definition) is 2. The highest BCUT2D eigenvalue weighted by molar-refractivity contribution is 6.21. The molecule has 1 atom stereocenters. The van der Waals surface area contributed by atoms with Gasteiger partial charge in [-0.15, -0.1) is 26.3 Å². The predicted octanol–water partition coefficient (Wildman–Crippen LogP) is 4.68. The molecule has 0 aliphatic carbocycles. The molecule has 248 valence electrons. The summed E-state index contributed by atoms with van der Waals surface area (Å²) in [4.78, 5) is 65.8. The zero-order valence-electron chi connectivity index (χ0n) is 23.7. The summed E-state index contributed by atoms with van der Waals surface area (Å²) >= 11 is 0. The van der Waals surface area contributed by atoms with Crippen molar-refractivity contribution >= 4 is 41.2 Å². The van der Waals surface area contributed by atoms with E-state index < -0.39 is 60.1 Å². The number of pyridine rings is 1. The third-order valence-corrected chi connectivity index (χ3v) is 6.47. The number of carboxylic acids is 1. The maximum Gasteiger partial charge on any atom is 0.573 e. The average Bonchev–Trinajstić information content (AvgIpc) is 3.42. The summed E-state index contributed by atoms with van der Waals surface area (Å²) in [7, 11) is 0. The van der Waals surface area contributed by atoms with E-state index in [9.17, 15) is 55.4 Å². The second-order valence-corrected chi connectivity index (χ2v) is 9.62. The molecule has 3 heterocycles. The molecule has 2 aliphatic rings. The lowest BCUT2D eigenvalue weighted by Crippen LogP contribution is -2.34. The van der Waals surface area contributed by atoms with Gasteiger partial charge >= 0.3 is 30.8 Å². The van der Waals surface area contributed by atoms with Crippen LogP contribution in [0.2, 0.25) is 0 Å². The van der Waals surface area contributed by atoms with Gasteiger partial charge in [-0.1, -0.05) is 0 Å². The number of carbonyl (C=O) groups excluding carboxylic acids is 4. The monoisotopic (exact) mass is 669 g/mol. The number of halogens is 6. The molecule has 6 amide bonds. The number of amides is 6. The van der Waals surface area contributed by atoms with Gasteiger partial charge in [-0.3, -0.25) is 24.8 Å². The van der Waals surface area contributed by atoms with E-state index in [1.807, 2.05) is 0 Å². The Hall–Kier alpha value is -5.88. The summed E-state index contributed by atoms with van der Waals surface area (Å²) in [6.07, 6.45) is -7.12. The molecule has 0 radical (unpaired) electrons. The van der Waals surface area contributed by atoms with Gasteiger partial charge in [0.1, 0.15) is 24.1 Å². The van der Waals surface area contributed by atoms with E-state index >= 15 is 0 Å². The number of imide groups is 2. The molecule has 2 aromatic carbocycles. The minimum atomic E-state index is -4.86. The molecule has 0 spiro atoms. The highest BCUT2D eigenvalue weighted by Crippen LogP contribution is 2.30. The van der Waals surface area contributed by atoms with Crippen molar-refractivity contribution in [3.8, 4) is 11.5 Å². The molecule has 2 saturated heterocycles. The van der Waals surface area contributed by atoms with Crippen LogP contribution in [0, 0.1) is 0 Å². The van der Waals surface area contributed by atoms with Crippen molar-refractivity contribution in [3.05, 3.63) is 78.1 Å². The zero-order chi connectivity index (χ0) is 34.7. The second kappa shape index (κ2) is 13.2.